The van der Waals surface area contributed by atoms with Crippen LogP contribution in [-0.4, -0.2) is 43.6 Å². The summed E-state index contributed by atoms with van der Waals surface area (Å²) < 4.78 is 5.60. The quantitative estimate of drug-likeness (QED) is 0.927. The van der Waals surface area contributed by atoms with E-state index in [0.29, 0.717) is 18.4 Å². The Morgan fingerprint density at radius 3 is 2.71 bits per heavy atom. The van der Waals surface area contributed by atoms with Crippen LogP contribution >= 0.6 is 12.4 Å². The van der Waals surface area contributed by atoms with E-state index in [-0.39, 0.29) is 18.3 Å². The average Bonchev–Trinajstić information content (AvgIpc) is 3.06. The highest BCUT2D eigenvalue weighted by molar-refractivity contribution is 5.94. The molecule has 0 aliphatic carbocycles. The van der Waals surface area contributed by atoms with Gasteiger partial charge in [-0.05, 0) is 36.5 Å². The average molecular weight is 311 g/mol. The van der Waals surface area contributed by atoms with Gasteiger partial charge in [0.15, 0.2) is 0 Å². The van der Waals surface area contributed by atoms with Crippen molar-refractivity contribution >= 4 is 18.3 Å². The topological polar surface area (TPSA) is 41.6 Å². The maximum Gasteiger partial charge on any atom is 0.254 e. The Morgan fingerprint density at radius 1 is 1.33 bits per heavy atom. The molecule has 0 radical (unpaired) electrons. The molecule has 2 atom stereocenters. The molecule has 116 valence electrons. The molecule has 2 heterocycles. The van der Waals surface area contributed by atoms with Crippen molar-refractivity contribution in [2.45, 2.75) is 13.3 Å². The first-order valence-electron chi connectivity index (χ1n) is 7.50. The van der Waals surface area contributed by atoms with Crippen LogP contribution in [0.15, 0.2) is 24.3 Å². The minimum Gasteiger partial charge on any atom is -0.494 e. The van der Waals surface area contributed by atoms with Gasteiger partial charge < -0.3 is 15.0 Å². The van der Waals surface area contributed by atoms with E-state index in [1.165, 1.54) is 0 Å². The SMILES string of the molecule is CCCOc1cccc(C(=O)N2C[C@H]3CNC[C@H]3C2)c1.Cl. The summed E-state index contributed by atoms with van der Waals surface area (Å²) in [5, 5.41) is 3.40. The third-order valence-corrected chi connectivity index (χ3v) is 4.23. The molecular weight excluding hydrogens is 288 g/mol. The van der Waals surface area contributed by atoms with Crippen LogP contribution in [0, 0.1) is 11.8 Å². The lowest BCUT2D eigenvalue weighted by Crippen LogP contribution is -2.31. The molecule has 2 aliphatic rings. The second-order valence-electron chi connectivity index (χ2n) is 5.76. The number of benzene rings is 1. The molecule has 2 aliphatic heterocycles. The molecule has 5 heteroatoms. The van der Waals surface area contributed by atoms with Gasteiger partial charge in [-0.25, -0.2) is 0 Å². The van der Waals surface area contributed by atoms with Gasteiger partial charge in [-0.3, -0.25) is 4.79 Å². The van der Waals surface area contributed by atoms with Gasteiger partial charge in [-0.15, -0.1) is 12.4 Å². The molecule has 1 amide bonds. The molecular formula is C16H23ClN2O2. The number of halogens is 1. The van der Waals surface area contributed by atoms with Crippen molar-refractivity contribution in [3.63, 3.8) is 0 Å². The van der Waals surface area contributed by atoms with Crippen LogP contribution in [-0.2, 0) is 0 Å². The van der Waals surface area contributed by atoms with Crippen molar-refractivity contribution in [1.29, 1.82) is 0 Å². The zero-order chi connectivity index (χ0) is 13.9. The number of likely N-dealkylation sites (tertiary alicyclic amines) is 1. The van der Waals surface area contributed by atoms with E-state index in [4.69, 9.17) is 4.74 Å². The first kappa shape index (κ1) is 16.1. The van der Waals surface area contributed by atoms with Crippen LogP contribution in [0.5, 0.6) is 5.75 Å². The highest BCUT2D eigenvalue weighted by atomic mass is 35.5. The molecule has 1 aromatic carbocycles. The molecule has 0 aromatic heterocycles. The standard InChI is InChI=1S/C16H22N2O2.ClH/c1-2-6-20-15-5-3-4-12(7-15)16(19)18-10-13-8-17-9-14(13)11-18;/h3-5,7,13-14,17H,2,6,8-11H2,1H3;1H/t13-,14+;. The molecule has 3 rings (SSSR count). The lowest BCUT2D eigenvalue weighted by molar-refractivity contribution is 0.0781. The number of carbonyl (C=O) groups is 1. The van der Waals surface area contributed by atoms with Crippen molar-refractivity contribution in [3.05, 3.63) is 29.8 Å². The van der Waals surface area contributed by atoms with Crippen molar-refractivity contribution in [2.24, 2.45) is 11.8 Å². The Hall–Kier alpha value is -1.26. The van der Waals surface area contributed by atoms with Crippen molar-refractivity contribution in [2.75, 3.05) is 32.8 Å². The zero-order valence-electron chi connectivity index (χ0n) is 12.4. The Bertz CT molecular complexity index is 483. The fourth-order valence-corrected chi connectivity index (χ4v) is 3.14. The van der Waals surface area contributed by atoms with Gasteiger partial charge in [-0.2, -0.15) is 0 Å². The second-order valence-corrected chi connectivity index (χ2v) is 5.76. The van der Waals surface area contributed by atoms with Gasteiger partial charge >= 0.3 is 0 Å². The smallest absolute Gasteiger partial charge is 0.254 e. The number of hydrogen-bond donors (Lipinski definition) is 1. The molecule has 1 N–H and O–H groups in total. The number of nitrogens with one attached hydrogen (secondary N) is 1. The van der Waals surface area contributed by atoms with Crippen LogP contribution < -0.4 is 10.1 Å². The van der Waals surface area contributed by atoms with Crippen molar-refractivity contribution in [1.82, 2.24) is 10.2 Å². The number of hydrogen-bond acceptors (Lipinski definition) is 3. The maximum absolute atomic E-state index is 12.6. The first-order chi connectivity index (χ1) is 9.78. The van der Waals surface area contributed by atoms with Crippen LogP contribution in [0.1, 0.15) is 23.7 Å². The molecule has 4 nitrogen and oxygen atoms in total. The number of fused-ring (bicyclic) bond motifs is 1. The van der Waals surface area contributed by atoms with Crippen molar-refractivity contribution < 1.29 is 9.53 Å². The largest absolute Gasteiger partial charge is 0.494 e. The van der Waals surface area contributed by atoms with Crippen LogP contribution in [0.2, 0.25) is 0 Å². The van der Waals surface area contributed by atoms with Gasteiger partial charge in [0.25, 0.3) is 5.91 Å². The molecule has 2 fully saturated rings. The fraction of sp³-hybridized carbons (Fsp3) is 0.562. The third kappa shape index (κ3) is 3.50. The highest BCUT2D eigenvalue weighted by Gasteiger charge is 2.38. The number of amides is 1. The summed E-state index contributed by atoms with van der Waals surface area (Å²) in [6.45, 7) is 6.64. The minimum absolute atomic E-state index is 0. The van der Waals surface area contributed by atoms with Crippen LogP contribution in [0.3, 0.4) is 0 Å². The van der Waals surface area contributed by atoms with E-state index >= 15 is 0 Å². The van der Waals surface area contributed by atoms with Gasteiger partial charge in [-0.1, -0.05) is 13.0 Å². The predicted octanol–water partition coefficient (Wildman–Crippen LogP) is 2.19. The molecule has 0 unspecified atom stereocenters. The summed E-state index contributed by atoms with van der Waals surface area (Å²) in [4.78, 5) is 14.5. The summed E-state index contributed by atoms with van der Waals surface area (Å²) in [6.07, 6.45) is 0.973. The Balaban J connectivity index is 0.00000161. The predicted molar refractivity (Wildman–Crippen MR) is 85.2 cm³/mol. The van der Waals surface area contributed by atoms with E-state index in [9.17, 15) is 4.79 Å². The summed E-state index contributed by atoms with van der Waals surface area (Å²) >= 11 is 0. The molecule has 0 bridgehead atoms. The Morgan fingerprint density at radius 2 is 2.05 bits per heavy atom. The van der Waals surface area contributed by atoms with Crippen molar-refractivity contribution in [3.8, 4) is 5.75 Å². The Labute approximate surface area is 132 Å². The molecule has 0 saturated carbocycles. The third-order valence-electron chi connectivity index (χ3n) is 4.23. The van der Waals surface area contributed by atoms with Gasteiger partial charge in [0.05, 0.1) is 6.61 Å². The number of rotatable bonds is 4. The summed E-state index contributed by atoms with van der Waals surface area (Å²) in [7, 11) is 0. The lowest BCUT2D eigenvalue weighted by atomic mass is 10.0. The monoisotopic (exact) mass is 310 g/mol. The summed E-state index contributed by atoms with van der Waals surface area (Å²) in [5.74, 6) is 2.21. The molecule has 0 spiro atoms. The lowest BCUT2D eigenvalue weighted by Gasteiger charge is -2.18. The number of ether oxygens (including phenoxy) is 1. The zero-order valence-corrected chi connectivity index (χ0v) is 13.2. The number of carbonyl (C=O) groups excluding carboxylic acids is 1. The number of nitrogens with zero attached hydrogens (tertiary/aromatic N) is 1. The van der Waals surface area contributed by atoms with Crippen LogP contribution in [0.25, 0.3) is 0 Å². The summed E-state index contributed by atoms with van der Waals surface area (Å²) in [5.41, 5.74) is 0.742. The summed E-state index contributed by atoms with van der Waals surface area (Å²) in [6, 6.07) is 7.56. The second kappa shape index (κ2) is 7.14. The van der Waals surface area contributed by atoms with E-state index < -0.39 is 0 Å². The molecule has 21 heavy (non-hydrogen) atoms. The van der Waals surface area contributed by atoms with E-state index in [1.807, 2.05) is 29.2 Å². The van der Waals surface area contributed by atoms with Crippen LogP contribution in [0.4, 0.5) is 0 Å². The minimum atomic E-state index is 0. The molecule has 1 aromatic rings. The van der Waals surface area contributed by atoms with Gasteiger partial charge in [0.1, 0.15) is 5.75 Å². The Kier molecular flexibility index (Phi) is 5.48. The first-order valence-corrected chi connectivity index (χ1v) is 7.50. The van der Waals surface area contributed by atoms with E-state index in [2.05, 4.69) is 12.2 Å². The van der Waals surface area contributed by atoms with Gasteiger partial charge in [0, 0.05) is 31.7 Å². The fourth-order valence-electron chi connectivity index (χ4n) is 3.14. The highest BCUT2D eigenvalue weighted by Crippen LogP contribution is 2.28. The maximum atomic E-state index is 12.6. The van der Waals surface area contributed by atoms with Gasteiger partial charge in [0.2, 0.25) is 0 Å². The van der Waals surface area contributed by atoms with E-state index in [0.717, 1.165) is 43.9 Å². The normalized spacial score (nSPS) is 23.6. The molecule has 2 saturated heterocycles. The van der Waals surface area contributed by atoms with E-state index in [1.54, 1.807) is 0 Å².